The maximum atomic E-state index is 13.5. The number of ether oxygens (including phenoxy) is 4. The summed E-state index contributed by atoms with van der Waals surface area (Å²) in [6, 6.07) is 26.0. The lowest BCUT2D eigenvalue weighted by molar-refractivity contribution is 0.00578. The monoisotopic (exact) mass is 1720 g/mol. The van der Waals surface area contributed by atoms with Gasteiger partial charge in [-0.15, -0.1) is 10.2 Å². The van der Waals surface area contributed by atoms with Crippen LogP contribution in [0, 0.1) is 23.3 Å². The van der Waals surface area contributed by atoms with Crippen LogP contribution < -0.4 is 28.3 Å². The van der Waals surface area contributed by atoms with Gasteiger partial charge in [-0.1, -0.05) is 59.8 Å². The first-order valence-electron chi connectivity index (χ1n) is 39.3. The van der Waals surface area contributed by atoms with Crippen LogP contribution in [0.5, 0.6) is 0 Å². The Labute approximate surface area is 697 Å². The summed E-state index contributed by atoms with van der Waals surface area (Å²) in [7, 11) is -1.22. The molecule has 24 nitrogen and oxygen atoms in total. The van der Waals surface area contributed by atoms with Gasteiger partial charge in [0.15, 0.2) is 23.3 Å². The minimum absolute atomic E-state index is 0.182. The van der Waals surface area contributed by atoms with Gasteiger partial charge in [-0.25, -0.2) is 41.9 Å². The number of pyridine rings is 5. The first-order chi connectivity index (χ1) is 55.6. The van der Waals surface area contributed by atoms with Crippen molar-refractivity contribution in [3.63, 3.8) is 0 Å². The predicted octanol–water partition coefficient (Wildman–Crippen LogP) is 17.3. The molecule has 5 aliphatic carbocycles. The van der Waals surface area contributed by atoms with E-state index in [0.717, 1.165) is 155 Å². The molecule has 116 heavy (non-hydrogen) atoms. The Bertz CT molecular complexity index is 4770. The molecule has 616 valence electrons. The summed E-state index contributed by atoms with van der Waals surface area (Å²) < 4.78 is 88.6. The summed E-state index contributed by atoms with van der Waals surface area (Å²) in [6.45, 7) is 14.5. The molecule has 7 aromatic heterocycles. The van der Waals surface area contributed by atoms with E-state index < -0.39 is 30.4 Å². The van der Waals surface area contributed by atoms with E-state index in [1.807, 2.05) is 30.3 Å². The summed E-state index contributed by atoms with van der Waals surface area (Å²) in [5, 5.41) is 29.1. The van der Waals surface area contributed by atoms with Crippen LogP contribution in [0.1, 0.15) is 206 Å². The van der Waals surface area contributed by atoms with Crippen LogP contribution in [0.3, 0.4) is 0 Å². The zero-order valence-electron chi connectivity index (χ0n) is 65.3. The Morgan fingerprint density at radius 3 is 1.28 bits per heavy atom. The number of nitrogens with one attached hydrogen (secondary N) is 1. The molecule has 5 saturated carbocycles. The Kier molecular flexibility index (Phi) is 30.4. The normalized spacial score (nSPS) is 18.7. The highest BCUT2D eigenvalue weighted by atomic mass is 79.9. The predicted molar refractivity (Wildman–Crippen MR) is 447 cm³/mol. The van der Waals surface area contributed by atoms with Crippen LogP contribution >= 0.6 is 50.7 Å². The molecule has 12 heterocycles. The molecule has 5 aliphatic heterocycles. The van der Waals surface area contributed by atoms with Crippen molar-refractivity contribution >= 4 is 105 Å². The van der Waals surface area contributed by atoms with Crippen molar-refractivity contribution < 1.29 is 55.9 Å². The molecular weight excluding hydrogens is 1620 g/mol. The van der Waals surface area contributed by atoms with Gasteiger partial charge in [-0.3, -0.25) is 15.0 Å². The third-order valence-corrected chi connectivity index (χ3v) is 21.9. The summed E-state index contributed by atoms with van der Waals surface area (Å²) in [4.78, 5) is 30.3. The Morgan fingerprint density at radius 1 is 0.466 bits per heavy atom. The average Bonchev–Trinajstić information content (AvgIpc) is 1.62. The minimum Gasteiger partial charge on any atom is -0.427 e. The van der Waals surface area contributed by atoms with Gasteiger partial charge in [0.25, 0.3) is 0 Å². The number of rotatable bonds is 13. The first kappa shape index (κ1) is 87.2. The maximum absolute atomic E-state index is 13.5. The summed E-state index contributed by atoms with van der Waals surface area (Å²) in [6.07, 6.45) is 24.9. The van der Waals surface area contributed by atoms with E-state index in [0.29, 0.717) is 97.6 Å². The highest BCUT2D eigenvalue weighted by Crippen LogP contribution is 2.45. The number of nitrogen functional groups attached to an aromatic ring is 4. The Morgan fingerprint density at radius 2 is 0.879 bits per heavy atom. The average molecular weight is 1720 g/mol. The van der Waals surface area contributed by atoms with Gasteiger partial charge in [-0.2, -0.15) is 4.98 Å². The number of hydrogen-bond acceptors (Lipinski definition) is 22. The largest absolute Gasteiger partial charge is 0.490 e. The van der Waals surface area contributed by atoms with E-state index in [4.69, 9.17) is 111 Å². The second-order valence-corrected chi connectivity index (χ2v) is 32.9. The molecule has 34 heteroatoms. The van der Waals surface area contributed by atoms with Crippen LogP contribution in [0.15, 0.2) is 132 Å². The second kappa shape index (κ2) is 40.5. The molecule has 2 aromatic carbocycles. The smallest absolute Gasteiger partial charge is 0.427 e. The zero-order chi connectivity index (χ0) is 82.2. The lowest BCUT2D eigenvalue weighted by atomic mass is 9.75. The number of halogens is 8. The molecule has 8 fully saturated rings. The van der Waals surface area contributed by atoms with Crippen molar-refractivity contribution in [3.05, 3.63) is 211 Å². The molecule has 19 rings (SSSR count). The highest BCUT2D eigenvalue weighted by molar-refractivity contribution is 9.10. The van der Waals surface area contributed by atoms with Crippen molar-refractivity contribution in [1.82, 2.24) is 54.4 Å². The van der Waals surface area contributed by atoms with Crippen LogP contribution in [0.2, 0.25) is 21.3 Å². The van der Waals surface area contributed by atoms with Crippen molar-refractivity contribution in [2.24, 2.45) is 0 Å². The van der Waals surface area contributed by atoms with Crippen LogP contribution in [0.25, 0.3) is 16.9 Å². The molecule has 0 unspecified atom stereocenters. The topological polar surface area (TPSA) is 338 Å². The maximum Gasteiger partial charge on any atom is 0.490 e. The van der Waals surface area contributed by atoms with Crippen LogP contribution in [-0.2, 0) is 28.3 Å². The molecule has 0 amide bonds. The molecule has 10 aliphatic rings. The SMILES string of the molecule is CC1(C)OB(C2=CCOCC2)OC1(C)C.Fc1ccc(-n2cnc(Br)n2)cc1F.Fc1ccc(-n2cnc(Nc3cc(C4CCOCC4)nc(C4CC4)c3)n2)cc1F.Nc1cc(C2=CCOCC2)nc(C2CC2)c1.Nc1cc(C2CCOCC2)nc(C2CC2)c1.Nc1cc(Cl)nc(C2CC2)c1.Nc1cc(Cl)nc(Cl)c1.OB(O)C1CC1. The number of aromatic nitrogens is 11. The molecule has 11 N–H and O–H groups in total. The van der Waals surface area contributed by atoms with E-state index in [-0.39, 0.29) is 24.1 Å². The fourth-order valence-electron chi connectivity index (χ4n) is 12.9. The lowest BCUT2D eigenvalue weighted by Gasteiger charge is -2.32. The van der Waals surface area contributed by atoms with Crippen LogP contribution in [0.4, 0.5) is 51.9 Å². The van der Waals surface area contributed by atoms with Gasteiger partial charge >= 0.3 is 14.2 Å². The van der Waals surface area contributed by atoms with Crippen molar-refractivity contribution in [3.8, 4) is 11.4 Å². The molecular formula is C82H98B2BrCl3F4N16O8. The molecule has 0 atom stereocenters. The standard InChI is InChI=1S/C21H21F2N5O.C13H18N2O.C13H16N2O.C11H19BO3.C8H4BrF2N3.C8H9ClN2.C5H4Cl2N2.C3H7BO2/c22-17-4-3-16(11-18(17)23)28-12-24-21(27-28)25-15-9-19(13-1-2-13)26-20(10-15)14-5-7-29-8-6-14;2*14-11-7-12(9-1-2-9)15-13(8-11)10-3-5-16-6-4-10;1-10(2)11(3,4)15-12(14-10)9-5-7-13-8-6-9;9-8-12-4-14(13-8)5-1-2-6(10)7(11)3-5;9-8-4-6(10)3-7(11-8)5-1-2-5;6-4-1-3(8)2-5(7)9-4;5-4(6)3-1-2-3/h3-4,9-14H,1-2,5-8H2,(H,25,26,27);7-10H,1-6H2,(H2,14,15);3,7-9H,1-2,4-6H2,(H2,14,15);5H,6-8H2,1-4H3;1-4H;3-5H,1-2H2,(H2,10,11);1-2H,(H2,8,9);3,5-6H,1-2H2. The highest BCUT2D eigenvalue weighted by Gasteiger charge is 2.52. The van der Waals surface area contributed by atoms with Gasteiger partial charge in [-0.05, 0) is 235 Å². The second-order valence-electron chi connectivity index (χ2n) is 31.0. The zero-order valence-corrected chi connectivity index (χ0v) is 69.2. The number of nitrogens with two attached hydrogens (primary N) is 4. The lowest BCUT2D eigenvalue weighted by Crippen LogP contribution is -2.41. The first-order valence-corrected chi connectivity index (χ1v) is 41.2. The third kappa shape index (κ3) is 26.4. The fourth-order valence-corrected chi connectivity index (χ4v) is 13.8. The Hall–Kier alpha value is -8.17. The van der Waals surface area contributed by atoms with Gasteiger partial charge < -0.3 is 66.6 Å². The van der Waals surface area contributed by atoms with Gasteiger partial charge in [0.1, 0.15) is 28.1 Å². The van der Waals surface area contributed by atoms with Gasteiger partial charge in [0.05, 0.1) is 54.7 Å². The molecule has 3 saturated heterocycles. The van der Waals surface area contributed by atoms with Crippen molar-refractivity contribution in [2.75, 3.05) is 81.1 Å². The van der Waals surface area contributed by atoms with E-state index in [2.05, 4.69) is 103 Å². The van der Waals surface area contributed by atoms with E-state index in [1.54, 1.807) is 6.07 Å². The van der Waals surface area contributed by atoms with Crippen LogP contribution in [-0.4, -0.2) is 143 Å². The number of benzene rings is 2. The Balaban J connectivity index is 0.000000127. The number of hydrogen-bond donors (Lipinski definition) is 7. The molecule has 9 aromatic rings. The molecule has 0 spiro atoms. The quantitative estimate of drug-likeness (QED) is 0.0320. The summed E-state index contributed by atoms with van der Waals surface area (Å²) in [5.41, 5.74) is 37.4. The number of anilines is 6. The van der Waals surface area contributed by atoms with Crippen molar-refractivity contribution in [1.29, 1.82) is 0 Å². The third-order valence-electron chi connectivity index (χ3n) is 20.9. The summed E-state index contributed by atoms with van der Waals surface area (Å²) >= 11 is 19.7. The van der Waals surface area contributed by atoms with E-state index >= 15 is 0 Å². The van der Waals surface area contributed by atoms with Crippen molar-refractivity contribution in [2.45, 2.75) is 183 Å². The van der Waals surface area contributed by atoms with E-state index in [1.165, 1.54) is 126 Å². The molecule has 0 radical (unpaired) electrons. The van der Waals surface area contributed by atoms with Gasteiger partial charge in [0.2, 0.25) is 10.7 Å². The minimum atomic E-state index is -1.04. The van der Waals surface area contributed by atoms with Gasteiger partial charge in [0, 0.05) is 137 Å². The summed E-state index contributed by atoms with van der Waals surface area (Å²) in [5.74, 6) is 0.441. The fraction of sp³-hybridized carbons (Fsp3) is 0.451. The number of nitrogens with zero attached hydrogens (tertiary/aromatic N) is 11. The molecule has 0 bridgehead atoms. The van der Waals surface area contributed by atoms with E-state index in [9.17, 15) is 17.6 Å².